The van der Waals surface area contributed by atoms with Crippen LogP contribution < -0.4 is 4.72 Å². The standard InChI is InChI=1S/C14H22N2O4S/c1-21(17,18)15-6-14-13-2-4-16(8-12(13)10-20-14)7-11-3-5-19-9-11/h3,5,9,12-15H,2,4,6-8,10H2,1H3/t12-,13-,14-/m0/s1. The zero-order valence-electron chi connectivity index (χ0n) is 12.2. The first-order valence-electron chi connectivity index (χ1n) is 7.31. The molecule has 6 nitrogen and oxygen atoms in total. The number of hydrogen-bond donors (Lipinski definition) is 1. The van der Waals surface area contributed by atoms with Gasteiger partial charge in [-0.3, -0.25) is 4.90 Å². The lowest BCUT2D eigenvalue weighted by atomic mass is 9.84. The largest absolute Gasteiger partial charge is 0.472 e. The van der Waals surface area contributed by atoms with Crippen LogP contribution in [0.4, 0.5) is 0 Å². The van der Waals surface area contributed by atoms with Gasteiger partial charge in [-0.25, -0.2) is 13.1 Å². The molecule has 0 bridgehead atoms. The minimum atomic E-state index is -3.15. The summed E-state index contributed by atoms with van der Waals surface area (Å²) < 4.78 is 35.9. The molecule has 3 heterocycles. The maximum atomic E-state index is 11.2. The Morgan fingerprint density at radius 1 is 1.48 bits per heavy atom. The van der Waals surface area contributed by atoms with E-state index in [0.29, 0.717) is 18.4 Å². The van der Waals surface area contributed by atoms with Crippen molar-refractivity contribution in [1.29, 1.82) is 0 Å². The zero-order valence-corrected chi connectivity index (χ0v) is 13.0. The molecule has 0 unspecified atom stereocenters. The summed E-state index contributed by atoms with van der Waals surface area (Å²) in [7, 11) is -3.15. The van der Waals surface area contributed by atoms with Gasteiger partial charge in [-0.15, -0.1) is 0 Å². The molecule has 0 aromatic carbocycles. The van der Waals surface area contributed by atoms with Gasteiger partial charge in [-0.2, -0.15) is 0 Å². The minimum absolute atomic E-state index is 0.0146. The lowest BCUT2D eigenvalue weighted by Gasteiger charge is -2.35. The Labute approximate surface area is 125 Å². The molecule has 118 valence electrons. The summed E-state index contributed by atoms with van der Waals surface area (Å²) in [4.78, 5) is 2.42. The molecule has 2 saturated heterocycles. The van der Waals surface area contributed by atoms with Gasteiger partial charge in [-0.05, 0) is 24.9 Å². The van der Waals surface area contributed by atoms with E-state index in [4.69, 9.17) is 9.15 Å². The molecular formula is C14H22N2O4S. The summed E-state index contributed by atoms with van der Waals surface area (Å²) in [6.07, 6.45) is 5.75. The number of sulfonamides is 1. The first-order valence-corrected chi connectivity index (χ1v) is 9.20. The second kappa shape index (κ2) is 6.08. The Hall–Kier alpha value is -0.890. The topological polar surface area (TPSA) is 71.8 Å². The molecule has 0 aliphatic carbocycles. The van der Waals surface area contributed by atoms with Crippen molar-refractivity contribution >= 4 is 10.0 Å². The van der Waals surface area contributed by atoms with E-state index in [9.17, 15) is 8.42 Å². The zero-order chi connectivity index (χ0) is 14.9. The predicted molar refractivity (Wildman–Crippen MR) is 78.2 cm³/mol. The van der Waals surface area contributed by atoms with Crippen molar-refractivity contribution in [2.75, 3.05) is 32.5 Å². The Morgan fingerprint density at radius 2 is 2.33 bits per heavy atom. The number of fused-ring (bicyclic) bond motifs is 1. The summed E-state index contributed by atoms with van der Waals surface area (Å²) in [5.41, 5.74) is 1.20. The quantitative estimate of drug-likeness (QED) is 0.865. The van der Waals surface area contributed by atoms with Crippen molar-refractivity contribution < 1.29 is 17.6 Å². The summed E-state index contributed by atoms with van der Waals surface area (Å²) in [5, 5.41) is 0. The van der Waals surface area contributed by atoms with E-state index in [-0.39, 0.29) is 6.10 Å². The van der Waals surface area contributed by atoms with Crippen LogP contribution in [0.1, 0.15) is 12.0 Å². The highest BCUT2D eigenvalue weighted by molar-refractivity contribution is 7.88. The molecule has 1 aromatic rings. The molecule has 0 saturated carbocycles. The van der Waals surface area contributed by atoms with E-state index in [0.717, 1.165) is 32.7 Å². The first-order chi connectivity index (χ1) is 10.0. The Kier molecular flexibility index (Phi) is 4.35. The normalized spacial score (nSPS) is 30.4. The van der Waals surface area contributed by atoms with Gasteiger partial charge in [-0.1, -0.05) is 0 Å². The second-order valence-corrected chi connectivity index (χ2v) is 7.90. The molecule has 2 aliphatic rings. The van der Waals surface area contributed by atoms with Gasteiger partial charge in [0.05, 0.1) is 31.5 Å². The van der Waals surface area contributed by atoms with Crippen molar-refractivity contribution in [2.45, 2.75) is 19.1 Å². The number of piperidine rings is 1. The molecule has 1 N–H and O–H groups in total. The molecule has 0 spiro atoms. The van der Waals surface area contributed by atoms with E-state index in [1.54, 1.807) is 12.5 Å². The molecule has 3 rings (SSSR count). The van der Waals surface area contributed by atoms with E-state index >= 15 is 0 Å². The lowest BCUT2D eigenvalue weighted by molar-refractivity contribution is 0.0885. The van der Waals surface area contributed by atoms with Gasteiger partial charge >= 0.3 is 0 Å². The SMILES string of the molecule is CS(=O)(=O)NC[C@@H]1OC[C@@H]2CN(Cc3ccoc3)CC[C@@H]21. The lowest BCUT2D eigenvalue weighted by Crippen LogP contribution is -2.43. The van der Waals surface area contributed by atoms with E-state index in [2.05, 4.69) is 9.62 Å². The first kappa shape index (κ1) is 15.0. The predicted octanol–water partition coefficient (Wildman–Crippen LogP) is 0.666. The van der Waals surface area contributed by atoms with Crippen LogP contribution in [-0.4, -0.2) is 51.9 Å². The third-order valence-corrected chi connectivity index (χ3v) is 5.10. The summed E-state index contributed by atoms with van der Waals surface area (Å²) in [6.45, 7) is 4.05. The van der Waals surface area contributed by atoms with Crippen LogP contribution in [0.5, 0.6) is 0 Å². The average Bonchev–Trinajstić information content (AvgIpc) is 3.04. The summed E-state index contributed by atoms with van der Waals surface area (Å²) in [6, 6.07) is 2.00. The van der Waals surface area contributed by atoms with Crippen LogP contribution in [0.3, 0.4) is 0 Å². The third-order valence-electron chi connectivity index (χ3n) is 4.41. The van der Waals surface area contributed by atoms with E-state index in [1.807, 2.05) is 6.07 Å². The van der Waals surface area contributed by atoms with E-state index < -0.39 is 10.0 Å². The number of nitrogens with one attached hydrogen (secondary N) is 1. The van der Waals surface area contributed by atoms with Crippen LogP contribution in [0, 0.1) is 11.8 Å². The molecule has 0 radical (unpaired) electrons. The highest BCUT2D eigenvalue weighted by Crippen LogP contribution is 2.34. The number of furan rings is 1. The van der Waals surface area contributed by atoms with Crippen LogP contribution in [0.25, 0.3) is 0 Å². The molecule has 2 aliphatic heterocycles. The van der Waals surface area contributed by atoms with Crippen molar-refractivity contribution in [3.8, 4) is 0 Å². The number of nitrogens with zero attached hydrogens (tertiary/aromatic N) is 1. The maximum absolute atomic E-state index is 11.2. The summed E-state index contributed by atoms with van der Waals surface area (Å²) in [5.74, 6) is 0.955. The van der Waals surface area contributed by atoms with Crippen molar-refractivity contribution in [3.63, 3.8) is 0 Å². The molecule has 7 heteroatoms. The van der Waals surface area contributed by atoms with Gasteiger partial charge in [0, 0.05) is 31.1 Å². The number of rotatable bonds is 5. The van der Waals surface area contributed by atoms with Crippen LogP contribution in [0.2, 0.25) is 0 Å². The highest BCUT2D eigenvalue weighted by Gasteiger charge is 2.40. The molecule has 0 amide bonds. The van der Waals surface area contributed by atoms with E-state index in [1.165, 1.54) is 11.8 Å². The molecule has 3 atom stereocenters. The maximum Gasteiger partial charge on any atom is 0.208 e. The molecule has 2 fully saturated rings. The van der Waals surface area contributed by atoms with Crippen LogP contribution >= 0.6 is 0 Å². The van der Waals surface area contributed by atoms with Crippen molar-refractivity contribution in [1.82, 2.24) is 9.62 Å². The number of hydrogen-bond acceptors (Lipinski definition) is 5. The highest BCUT2D eigenvalue weighted by atomic mass is 32.2. The Morgan fingerprint density at radius 3 is 3.05 bits per heavy atom. The Bertz CT molecular complexity index is 558. The average molecular weight is 314 g/mol. The van der Waals surface area contributed by atoms with Crippen LogP contribution in [-0.2, 0) is 21.3 Å². The summed E-state index contributed by atoms with van der Waals surface area (Å²) >= 11 is 0. The smallest absolute Gasteiger partial charge is 0.208 e. The Balaban J connectivity index is 1.52. The number of likely N-dealkylation sites (tertiary alicyclic amines) is 1. The van der Waals surface area contributed by atoms with Gasteiger partial charge in [0.2, 0.25) is 10.0 Å². The number of ether oxygens (including phenoxy) is 1. The fraction of sp³-hybridized carbons (Fsp3) is 0.714. The van der Waals surface area contributed by atoms with Gasteiger partial charge in [0.15, 0.2) is 0 Å². The minimum Gasteiger partial charge on any atom is -0.472 e. The van der Waals surface area contributed by atoms with Gasteiger partial charge in [0.1, 0.15) is 0 Å². The van der Waals surface area contributed by atoms with Gasteiger partial charge < -0.3 is 9.15 Å². The van der Waals surface area contributed by atoms with Crippen molar-refractivity contribution in [2.24, 2.45) is 11.8 Å². The fourth-order valence-corrected chi connectivity index (χ4v) is 3.86. The van der Waals surface area contributed by atoms with Crippen LogP contribution in [0.15, 0.2) is 23.0 Å². The third kappa shape index (κ3) is 3.85. The van der Waals surface area contributed by atoms with Crippen molar-refractivity contribution in [3.05, 3.63) is 24.2 Å². The fourth-order valence-electron chi connectivity index (χ4n) is 3.39. The molecular weight excluding hydrogens is 292 g/mol. The molecule has 1 aromatic heterocycles. The van der Waals surface area contributed by atoms with Gasteiger partial charge in [0.25, 0.3) is 0 Å². The second-order valence-electron chi connectivity index (χ2n) is 6.07. The molecule has 21 heavy (non-hydrogen) atoms. The monoisotopic (exact) mass is 314 g/mol.